The fourth-order valence-corrected chi connectivity index (χ4v) is 4.24. The molecule has 6 heteroatoms. The predicted octanol–water partition coefficient (Wildman–Crippen LogP) is 2.55. The third kappa shape index (κ3) is 4.56. The second-order valence-electron chi connectivity index (χ2n) is 7.62. The SMILES string of the molecule is O=C(c1ccnnc1)N(CCCN1CCc2ccccc2C1)C1CCOCC1. The van der Waals surface area contributed by atoms with Crippen molar-refractivity contribution in [2.75, 3.05) is 32.8 Å². The number of rotatable bonds is 6. The summed E-state index contributed by atoms with van der Waals surface area (Å²) >= 11 is 0. The van der Waals surface area contributed by atoms with E-state index in [2.05, 4.69) is 39.4 Å². The van der Waals surface area contributed by atoms with Gasteiger partial charge in [-0.3, -0.25) is 9.69 Å². The van der Waals surface area contributed by atoms with Crippen molar-refractivity contribution in [2.24, 2.45) is 0 Å². The lowest BCUT2D eigenvalue weighted by atomic mass is 10.00. The van der Waals surface area contributed by atoms with Gasteiger partial charge in [0.1, 0.15) is 0 Å². The Morgan fingerprint density at radius 2 is 1.96 bits per heavy atom. The highest BCUT2D eigenvalue weighted by molar-refractivity contribution is 5.94. The summed E-state index contributed by atoms with van der Waals surface area (Å²) < 4.78 is 5.50. The van der Waals surface area contributed by atoms with E-state index in [4.69, 9.17) is 4.74 Å². The van der Waals surface area contributed by atoms with E-state index in [1.54, 1.807) is 18.5 Å². The van der Waals surface area contributed by atoms with Crippen LogP contribution in [0.4, 0.5) is 0 Å². The summed E-state index contributed by atoms with van der Waals surface area (Å²) in [7, 11) is 0. The molecule has 0 spiro atoms. The molecule has 4 rings (SSSR count). The van der Waals surface area contributed by atoms with Crippen LogP contribution in [0.1, 0.15) is 40.7 Å². The van der Waals surface area contributed by atoms with Gasteiger partial charge in [0.25, 0.3) is 5.91 Å². The molecule has 2 aromatic rings. The molecule has 2 aliphatic rings. The third-order valence-corrected chi connectivity index (χ3v) is 5.81. The lowest BCUT2D eigenvalue weighted by Gasteiger charge is -2.35. The van der Waals surface area contributed by atoms with E-state index in [1.165, 1.54) is 11.1 Å². The van der Waals surface area contributed by atoms with E-state index < -0.39 is 0 Å². The number of nitrogens with zero attached hydrogens (tertiary/aromatic N) is 4. The largest absolute Gasteiger partial charge is 0.381 e. The fraction of sp³-hybridized carbons (Fsp3) is 0.500. The molecule has 1 aromatic carbocycles. The molecule has 0 saturated carbocycles. The minimum absolute atomic E-state index is 0.0609. The highest BCUT2D eigenvalue weighted by Crippen LogP contribution is 2.20. The topological polar surface area (TPSA) is 58.6 Å². The van der Waals surface area contributed by atoms with Gasteiger partial charge in [-0.25, -0.2) is 0 Å². The van der Waals surface area contributed by atoms with E-state index >= 15 is 0 Å². The number of hydrogen-bond acceptors (Lipinski definition) is 5. The van der Waals surface area contributed by atoms with Gasteiger partial charge < -0.3 is 9.64 Å². The zero-order valence-corrected chi connectivity index (χ0v) is 16.3. The summed E-state index contributed by atoms with van der Waals surface area (Å²) in [6, 6.07) is 10.7. The summed E-state index contributed by atoms with van der Waals surface area (Å²) in [6.07, 6.45) is 7.05. The Labute approximate surface area is 166 Å². The van der Waals surface area contributed by atoms with Crippen LogP contribution in [0.15, 0.2) is 42.7 Å². The average molecular weight is 380 g/mol. The van der Waals surface area contributed by atoms with Crippen LogP contribution in [0, 0.1) is 0 Å². The van der Waals surface area contributed by atoms with E-state index in [-0.39, 0.29) is 11.9 Å². The van der Waals surface area contributed by atoms with Gasteiger partial charge in [-0.15, -0.1) is 0 Å². The van der Waals surface area contributed by atoms with Gasteiger partial charge in [0.2, 0.25) is 0 Å². The molecule has 1 amide bonds. The second kappa shape index (κ2) is 9.26. The first-order chi connectivity index (χ1) is 13.8. The standard InChI is InChI=1S/C22H28N4O2/c27-22(19-6-10-23-24-16-19)26(21-8-14-28-15-9-21)12-3-11-25-13-7-18-4-1-2-5-20(18)17-25/h1-2,4-6,10,16,21H,3,7-9,11-15,17H2. The zero-order valence-electron chi connectivity index (χ0n) is 16.3. The molecule has 0 bridgehead atoms. The van der Waals surface area contributed by atoms with Crippen LogP contribution in [0.25, 0.3) is 0 Å². The van der Waals surface area contributed by atoms with Crippen LogP contribution in [0.2, 0.25) is 0 Å². The molecular formula is C22H28N4O2. The molecule has 1 saturated heterocycles. The highest BCUT2D eigenvalue weighted by Gasteiger charge is 2.27. The molecule has 1 aromatic heterocycles. The van der Waals surface area contributed by atoms with Crippen LogP contribution in [0.3, 0.4) is 0 Å². The molecule has 2 aliphatic heterocycles. The smallest absolute Gasteiger partial charge is 0.255 e. The Bertz CT molecular complexity index is 777. The van der Waals surface area contributed by atoms with Crippen LogP contribution in [0.5, 0.6) is 0 Å². The van der Waals surface area contributed by atoms with E-state index in [9.17, 15) is 4.79 Å². The number of fused-ring (bicyclic) bond motifs is 1. The molecule has 28 heavy (non-hydrogen) atoms. The Balaban J connectivity index is 1.37. The van der Waals surface area contributed by atoms with Crippen LogP contribution >= 0.6 is 0 Å². The van der Waals surface area contributed by atoms with Crippen LogP contribution in [-0.2, 0) is 17.7 Å². The van der Waals surface area contributed by atoms with Crippen molar-refractivity contribution in [1.29, 1.82) is 0 Å². The van der Waals surface area contributed by atoms with Crippen molar-refractivity contribution in [3.05, 3.63) is 59.4 Å². The van der Waals surface area contributed by atoms with Gasteiger partial charge in [-0.2, -0.15) is 10.2 Å². The molecule has 0 radical (unpaired) electrons. The maximum atomic E-state index is 13.1. The van der Waals surface area contributed by atoms with Crippen molar-refractivity contribution >= 4 is 5.91 Å². The van der Waals surface area contributed by atoms with Crippen molar-refractivity contribution in [1.82, 2.24) is 20.0 Å². The van der Waals surface area contributed by atoms with E-state index in [0.29, 0.717) is 5.56 Å². The number of amides is 1. The van der Waals surface area contributed by atoms with Gasteiger partial charge in [0.15, 0.2) is 0 Å². The normalized spacial score (nSPS) is 17.9. The summed E-state index contributed by atoms with van der Waals surface area (Å²) in [5.74, 6) is 0.0609. The molecule has 3 heterocycles. The summed E-state index contributed by atoms with van der Waals surface area (Å²) in [4.78, 5) is 17.6. The second-order valence-corrected chi connectivity index (χ2v) is 7.62. The van der Waals surface area contributed by atoms with Crippen molar-refractivity contribution in [3.8, 4) is 0 Å². The molecule has 0 N–H and O–H groups in total. The minimum atomic E-state index is 0.0609. The molecule has 0 atom stereocenters. The molecule has 0 unspecified atom stereocenters. The van der Waals surface area contributed by atoms with Gasteiger partial charge in [0, 0.05) is 45.4 Å². The monoisotopic (exact) mass is 380 g/mol. The minimum Gasteiger partial charge on any atom is -0.381 e. The maximum Gasteiger partial charge on any atom is 0.255 e. The van der Waals surface area contributed by atoms with Gasteiger partial charge in [-0.05, 0) is 42.9 Å². The van der Waals surface area contributed by atoms with Gasteiger partial charge in [0.05, 0.1) is 18.0 Å². The third-order valence-electron chi connectivity index (χ3n) is 5.81. The highest BCUT2D eigenvalue weighted by atomic mass is 16.5. The summed E-state index contributed by atoms with van der Waals surface area (Å²) in [6.45, 7) is 5.34. The summed E-state index contributed by atoms with van der Waals surface area (Å²) in [5.41, 5.74) is 3.53. The van der Waals surface area contributed by atoms with Crippen molar-refractivity contribution in [2.45, 2.75) is 38.3 Å². The lowest BCUT2D eigenvalue weighted by molar-refractivity contribution is 0.0278. The Morgan fingerprint density at radius 1 is 1.14 bits per heavy atom. The number of benzene rings is 1. The molecule has 1 fully saturated rings. The fourth-order valence-electron chi connectivity index (χ4n) is 4.24. The Hall–Kier alpha value is -2.31. The number of carbonyl (C=O) groups is 1. The lowest BCUT2D eigenvalue weighted by Crippen LogP contribution is -2.45. The van der Waals surface area contributed by atoms with E-state index in [1.807, 2.05) is 4.90 Å². The first-order valence-electron chi connectivity index (χ1n) is 10.3. The van der Waals surface area contributed by atoms with Gasteiger partial charge >= 0.3 is 0 Å². The number of hydrogen-bond donors (Lipinski definition) is 0. The van der Waals surface area contributed by atoms with Crippen molar-refractivity contribution in [3.63, 3.8) is 0 Å². The number of aromatic nitrogens is 2. The number of ether oxygens (including phenoxy) is 1. The predicted molar refractivity (Wildman–Crippen MR) is 107 cm³/mol. The quantitative estimate of drug-likeness (QED) is 0.771. The van der Waals surface area contributed by atoms with Crippen LogP contribution < -0.4 is 0 Å². The van der Waals surface area contributed by atoms with Crippen LogP contribution in [-0.4, -0.2) is 64.8 Å². The molecule has 148 valence electrons. The first kappa shape index (κ1) is 19.0. The first-order valence-corrected chi connectivity index (χ1v) is 10.3. The number of carbonyl (C=O) groups excluding carboxylic acids is 1. The Morgan fingerprint density at radius 3 is 2.75 bits per heavy atom. The van der Waals surface area contributed by atoms with Gasteiger partial charge in [-0.1, -0.05) is 24.3 Å². The molecular weight excluding hydrogens is 352 g/mol. The zero-order chi connectivity index (χ0) is 19.2. The van der Waals surface area contributed by atoms with E-state index in [0.717, 1.165) is 65.1 Å². The maximum absolute atomic E-state index is 13.1. The molecule has 0 aliphatic carbocycles. The Kier molecular flexibility index (Phi) is 6.29. The van der Waals surface area contributed by atoms with Crippen molar-refractivity contribution < 1.29 is 9.53 Å². The molecule has 6 nitrogen and oxygen atoms in total. The summed E-state index contributed by atoms with van der Waals surface area (Å²) in [5, 5.41) is 7.67. The average Bonchev–Trinajstić information content (AvgIpc) is 2.77.